The van der Waals surface area contributed by atoms with Gasteiger partial charge in [0.05, 0.1) is 13.2 Å². The Labute approximate surface area is 216 Å². The number of aromatic amines is 1. The van der Waals surface area contributed by atoms with Gasteiger partial charge < -0.3 is 20.7 Å². The summed E-state index contributed by atoms with van der Waals surface area (Å²) in [7, 11) is 0. The van der Waals surface area contributed by atoms with E-state index >= 15 is 0 Å². The molecule has 3 aromatic heterocycles. The van der Waals surface area contributed by atoms with Gasteiger partial charge in [-0.3, -0.25) is 14.6 Å². The molecule has 0 radical (unpaired) electrons. The molecule has 192 valence electrons. The summed E-state index contributed by atoms with van der Waals surface area (Å²) in [6.45, 7) is 4.88. The largest absolute Gasteiger partial charge is 0.395 e. The first kappa shape index (κ1) is 25.0. The van der Waals surface area contributed by atoms with Gasteiger partial charge in [-0.2, -0.15) is 0 Å². The summed E-state index contributed by atoms with van der Waals surface area (Å²) in [6, 6.07) is 8.28. The maximum absolute atomic E-state index is 12.6. The Morgan fingerprint density at radius 1 is 1.06 bits per heavy atom. The first-order valence-electron chi connectivity index (χ1n) is 12.8. The van der Waals surface area contributed by atoms with Crippen LogP contribution in [0.25, 0.3) is 22.2 Å². The van der Waals surface area contributed by atoms with Gasteiger partial charge in [0, 0.05) is 73.7 Å². The molecule has 36 heavy (non-hydrogen) atoms. The van der Waals surface area contributed by atoms with E-state index in [1.54, 1.807) is 6.20 Å². The minimum Gasteiger partial charge on any atom is -0.395 e. The summed E-state index contributed by atoms with van der Waals surface area (Å²) in [5, 5.41) is 17.5. The van der Waals surface area contributed by atoms with Crippen LogP contribution in [0.2, 0.25) is 5.15 Å². The van der Waals surface area contributed by atoms with Crippen LogP contribution in [0.5, 0.6) is 0 Å². The van der Waals surface area contributed by atoms with Crippen molar-refractivity contribution in [2.24, 2.45) is 0 Å². The van der Waals surface area contributed by atoms with Gasteiger partial charge in [-0.25, -0.2) is 9.97 Å². The van der Waals surface area contributed by atoms with Crippen molar-refractivity contribution in [3.63, 3.8) is 0 Å². The van der Waals surface area contributed by atoms with E-state index in [-0.39, 0.29) is 24.6 Å². The van der Waals surface area contributed by atoms with Gasteiger partial charge in [0.2, 0.25) is 5.91 Å². The van der Waals surface area contributed by atoms with Crippen LogP contribution in [-0.4, -0.2) is 93.7 Å². The number of aliphatic hydroxyl groups is 1. The Kier molecular flexibility index (Phi) is 8.01. The van der Waals surface area contributed by atoms with Crippen molar-refractivity contribution in [1.29, 1.82) is 0 Å². The highest BCUT2D eigenvalue weighted by molar-refractivity contribution is 6.29. The Morgan fingerprint density at radius 2 is 1.81 bits per heavy atom. The fourth-order valence-corrected chi connectivity index (χ4v) is 5.45. The smallest absolute Gasteiger partial charge is 0.234 e. The number of aromatic nitrogens is 3. The maximum atomic E-state index is 12.6. The molecule has 1 aliphatic carbocycles. The van der Waals surface area contributed by atoms with Gasteiger partial charge in [0.15, 0.2) is 0 Å². The average molecular weight is 512 g/mol. The molecular formula is C26H34ClN7O2. The number of pyridine rings is 2. The third-order valence-electron chi connectivity index (χ3n) is 7.28. The lowest BCUT2D eigenvalue weighted by Gasteiger charge is -2.35. The van der Waals surface area contributed by atoms with E-state index in [1.165, 1.54) is 0 Å². The quantitative estimate of drug-likeness (QED) is 0.344. The molecule has 9 nitrogen and oxygen atoms in total. The zero-order valence-corrected chi connectivity index (χ0v) is 21.2. The minimum atomic E-state index is 0.105. The Balaban J connectivity index is 1.14. The van der Waals surface area contributed by atoms with Gasteiger partial charge in [0.25, 0.3) is 0 Å². The molecule has 0 aromatic carbocycles. The third-order valence-corrected chi connectivity index (χ3v) is 7.49. The predicted octanol–water partition coefficient (Wildman–Crippen LogP) is 2.73. The van der Waals surface area contributed by atoms with Crippen LogP contribution in [0.4, 0.5) is 5.82 Å². The second-order valence-electron chi connectivity index (χ2n) is 9.73. The van der Waals surface area contributed by atoms with E-state index in [4.69, 9.17) is 16.7 Å². The molecule has 0 atom stereocenters. The van der Waals surface area contributed by atoms with Gasteiger partial charge in [-0.15, -0.1) is 0 Å². The van der Waals surface area contributed by atoms with Crippen molar-refractivity contribution in [3.05, 3.63) is 41.8 Å². The fraction of sp³-hybridized carbons (Fsp3) is 0.500. The number of aliphatic hydroxyl groups excluding tert-OH is 1. The number of nitrogens with zero attached hydrogens (tertiary/aromatic N) is 4. The first-order valence-corrected chi connectivity index (χ1v) is 13.2. The number of rotatable bonds is 8. The molecule has 0 spiro atoms. The average Bonchev–Trinajstić information content (AvgIpc) is 3.31. The van der Waals surface area contributed by atoms with Crippen molar-refractivity contribution in [1.82, 2.24) is 30.1 Å². The molecule has 1 saturated heterocycles. The predicted molar refractivity (Wildman–Crippen MR) is 142 cm³/mol. The number of amides is 1. The third kappa shape index (κ3) is 5.98. The molecule has 1 amide bonds. The molecule has 4 N–H and O–H groups in total. The lowest BCUT2D eigenvalue weighted by Crippen LogP contribution is -2.51. The summed E-state index contributed by atoms with van der Waals surface area (Å²) in [6.07, 6.45) is 7.51. The highest BCUT2D eigenvalue weighted by atomic mass is 35.5. The zero-order chi connectivity index (χ0) is 24.9. The normalized spacial score (nSPS) is 21.5. The van der Waals surface area contributed by atoms with Crippen molar-refractivity contribution >= 4 is 34.4 Å². The Bertz CT molecular complexity index is 1170. The van der Waals surface area contributed by atoms with Crippen LogP contribution in [-0.2, 0) is 4.79 Å². The maximum Gasteiger partial charge on any atom is 0.234 e. The molecule has 2 fully saturated rings. The van der Waals surface area contributed by atoms with Gasteiger partial charge in [-0.05, 0) is 49.9 Å². The molecule has 0 bridgehead atoms. The summed E-state index contributed by atoms with van der Waals surface area (Å²) in [5.74, 6) is 0.883. The number of halogens is 1. The molecular weight excluding hydrogens is 478 g/mol. The van der Waals surface area contributed by atoms with Crippen LogP contribution in [0, 0.1) is 0 Å². The molecule has 2 aliphatic rings. The van der Waals surface area contributed by atoms with Crippen molar-refractivity contribution in [2.75, 3.05) is 51.2 Å². The first-order chi connectivity index (χ1) is 17.6. The minimum absolute atomic E-state index is 0.105. The van der Waals surface area contributed by atoms with E-state index < -0.39 is 0 Å². The SMILES string of the molecule is O=C(CN1CCN(CCO)CC1)NC1CCC(Nc2nc(Cl)ccc2-c2c[nH]c3ncccc23)CC1. The standard InChI is InChI=1S/C26H34ClN7O2/c27-23-8-7-21(22-16-29-25-20(22)2-1-9-28-25)26(32-23)31-19-5-3-18(4-6-19)30-24(36)17-34-12-10-33(11-13-34)14-15-35/h1-2,7-9,16,18-19,35H,3-6,10-15,17H2,(H,28,29)(H,30,36)(H,31,32). The number of β-amino-alcohol motifs (C(OH)–C–C–N with tert-alkyl or cyclic N) is 1. The number of nitrogens with one attached hydrogen (secondary N) is 3. The summed E-state index contributed by atoms with van der Waals surface area (Å²) < 4.78 is 0. The molecule has 0 unspecified atom stereocenters. The Hall–Kier alpha value is -2.72. The van der Waals surface area contributed by atoms with Crippen LogP contribution in [0.3, 0.4) is 0 Å². The summed E-state index contributed by atoms with van der Waals surface area (Å²) >= 11 is 6.26. The zero-order valence-electron chi connectivity index (χ0n) is 20.4. The van der Waals surface area contributed by atoms with Gasteiger partial charge in [-0.1, -0.05) is 11.6 Å². The highest BCUT2D eigenvalue weighted by Crippen LogP contribution is 2.34. The van der Waals surface area contributed by atoms with E-state index in [2.05, 4.69) is 41.5 Å². The number of hydrogen-bond donors (Lipinski definition) is 4. The lowest BCUT2D eigenvalue weighted by atomic mass is 9.91. The number of carbonyl (C=O) groups excluding carboxylic acids is 1. The number of piperazine rings is 1. The summed E-state index contributed by atoms with van der Waals surface area (Å²) in [4.78, 5) is 29.3. The van der Waals surface area contributed by atoms with Gasteiger partial charge in [0.1, 0.15) is 16.6 Å². The van der Waals surface area contributed by atoms with Crippen molar-refractivity contribution < 1.29 is 9.90 Å². The highest BCUT2D eigenvalue weighted by Gasteiger charge is 2.25. The fourth-order valence-electron chi connectivity index (χ4n) is 5.31. The lowest BCUT2D eigenvalue weighted by molar-refractivity contribution is -0.123. The number of H-pyrrole nitrogens is 1. The molecule has 1 aliphatic heterocycles. The number of anilines is 1. The second kappa shape index (κ2) is 11.6. The van der Waals surface area contributed by atoms with Crippen LogP contribution in [0.1, 0.15) is 25.7 Å². The molecule has 4 heterocycles. The number of hydrogen-bond acceptors (Lipinski definition) is 7. The van der Waals surface area contributed by atoms with E-state index in [9.17, 15) is 4.79 Å². The van der Waals surface area contributed by atoms with Crippen LogP contribution < -0.4 is 10.6 Å². The molecule has 5 rings (SSSR count). The van der Waals surface area contributed by atoms with Gasteiger partial charge >= 0.3 is 0 Å². The topological polar surface area (TPSA) is 109 Å². The number of carbonyl (C=O) groups is 1. The molecule has 3 aromatic rings. The number of fused-ring (bicyclic) bond motifs is 1. The summed E-state index contributed by atoms with van der Waals surface area (Å²) in [5.41, 5.74) is 2.88. The van der Waals surface area contributed by atoms with Crippen molar-refractivity contribution in [3.8, 4) is 11.1 Å². The van der Waals surface area contributed by atoms with E-state index in [0.29, 0.717) is 18.2 Å². The van der Waals surface area contributed by atoms with Crippen molar-refractivity contribution in [2.45, 2.75) is 37.8 Å². The van der Waals surface area contributed by atoms with E-state index in [0.717, 1.165) is 79.8 Å². The molecule has 1 saturated carbocycles. The molecule has 10 heteroatoms. The Morgan fingerprint density at radius 3 is 2.58 bits per heavy atom. The second-order valence-corrected chi connectivity index (χ2v) is 10.1. The van der Waals surface area contributed by atoms with Crippen LogP contribution in [0.15, 0.2) is 36.7 Å². The van der Waals surface area contributed by atoms with Crippen LogP contribution >= 0.6 is 11.6 Å². The van der Waals surface area contributed by atoms with E-state index in [1.807, 2.05) is 24.4 Å². The monoisotopic (exact) mass is 511 g/mol.